The van der Waals surface area contributed by atoms with Crippen molar-refractivity contribution in [2.75, 3.05) is 13.1 Å². The van der Waals surface area contributed by atoms with E-state index in [0.717, 1.165) is 25.7 Å². The number of ether oxygens (including phenoxy) is 1. The third kappa shape index (κ3) is 4.20. The van der Waals surface area contributed by atoms with Crippen molar-refractivity contribution in [1.29, 1.82) is 0 Å². The molecule has 0 aromatic heterocycles. The Morgan fingerprint density at radius 1 is 1.29 bits per heavy atom. The number of carbonyl (C=O) groups excluding carboxylic acids is 2. The molecule has 2 aliphatic rings. The van der Waals surface area contributed by atoms with Crippen LogP contribution >= 0.6 is 11.6 Å². The van der Waals surface area contributed by atoms with Gasteiger partial charge in [0.15, 0.2) is 6.10 Å². The molecule has 5 nitrogen and oxygen atoms in total. The summed E-state index contributed by atoms with van der Waals surface area (Å²) < 4.78 is 5.71. The minimum Gasteiger partial charge on any atom is -0.479 e. The van der Waals surface area contributed by atoms with Crippen LogP contribution in [0.4, 0.5) is 0 Å². The summed E-state index contributed by atoms with van der Waals surface area (Å²) in [6.07, 6.45) is 3.19. The quantitative estimate of drug-likeness (QED) is 0.888. The zero-order valence-electron chi connectivity index (χ0n) is 13.8. The molecule has 2 amide bonds. The number of hydrogen-bond acceptors (Lipinski definition) is 3. The maximum Gasteiger partial charge on any atom is 0.263 e. The van der Waals surface area contributed by atoms with Gasteiger partial charge in [-0.05, 0) is 44.7 Å². The molecule has 1 heterocycles. The van der Waals surface area contributed by atoms with E-state index in [1.807, 2.05) is 12.1 Å². The number of hydrogen-bond donors (Lipinski definition) is 1. The Hall–Kier alpha value is -1.75. The molecule has 3 rings (SSSR count). The molecule has 1 aliphatic heterocycles. The van der Waals surface area contributed by atoms with Gasteiger partial charge in [0.25, 0.3) is 5.91 Å². The Morgan fingerprint density at radius 3 is 2.75 bits per heavy atom. The lowest BCUT2D eigenvalue weighted by Crippen LogP contribution is -2.49. The molecule has 130 valence electrons. The summed E-state index contributed by atoms with van der Waals surface area (Å²) in [5.41, 5.74) is 0. The molecule has 0 bridgehead atoms. The summed E-state index contributed by atoms with van der Waals surface area (Å²) in [5.74, 6) is 0.365. The molecular weight excluding hydrogens is 328 g/mol. The number of benzene rings is 1. The number of carbonyl (C=O) groups is 2. The summed E-state index contributed by atoms with van der Waals surface area (Å²) >= 11 is 6.08. The van der Waals surface area contributed by atoms with Crippen molar-refractivity contribution in [3.8, 4) is 5.75 Å². The van der Waals surface area contributed by atoms with E-state index in [9.17, 15) is 9.59 Å². The molecule has 6 heteroatoms. The van der Waals surface area contributed by atoms with Gasteiger partial charge >= 0.3 is 0 Å². The predicted molar refractivity (Wildman–Crippen MR) is 92.0 cm³/mol. The van der Waals surface area contributed by atoms with Crippen LogP contribution in [0.3, 0.4) is 0 Å². The highest BCUT2D eigenvalue weighted by Gasteiger charge is 2.33. The van der Waals surface area contributed by atoms with Crippen LogP contribution in [0, 0.1) is 5.92 Å². The second-order valence-corrected chi connectivity index (χ2v) is 7.00. The van der Waals surface area contributed by atoms with Gasteiger partial charge in [0.2, 0.25) is 5.91 Å². The maximum absolute atomic E-state index is 12.6. The highest BCUT2D eigenvalue weighted by molar-refractivity contribution is 6.32. The lowest BCUT2D eigenvalue weighted by molar-refractivity contribution is -0.141. The van der Waals surface area contributed by atoms with E-state index in [1.54, 1.807) is 24.0 Å². The van der Waals surface area contributed by atoms with Gasteiger partial charge in [0, 0.05) is 19.1 Å². The molecule has 2 unspecified atom stereocenters. The van der Waals surface area contributed by atoms with Gasteiger partial charge in [-0.3, -0.25) is 9.59 Å². The first-order chi connectivity index (χ1) is 11.5. The molecular formula is C18H23ClN2O3. The van der Waals surface area contributed by atoms with Gasteiger partial charge in [-0.25, -0.2) is 0 Å². The van der Waals surface area contributed by atoms with Crippen LogP contribution in [0.25, 0.3) is 0 Å². The molecule has 1 aromatic rings. The number of nitrogens with one attached hydrogen (secondary N) is 1. The number of para-hydroxylation sites is 1. The Kier molecular flexibility index (Phi) is 5.29. The van der Waals surface area contributed by atoms with E-state index in [1.165, 1.54) is 0 Å². The summed E-state index contributed by atoms with van der Waals surface area (Å²) in [6, 6.07) is 7.46. The van der Waals surface area contributed by atoms with Crippen LogP contribution in [0.1, 0.15) is 32.6 Å². The standard InChI is InChI=1S/C18H23ClN2O3/c1-12(24-16-7-3-2-6-15(16)19)18(23)21-10-4-5-13(11-21)17(22)20-14-8-9-14/h2-3,6-7,12-14H,4-5,8-11H2,1H3,(H,20,22). The molecule has 1 saturated heterocycles. The van der Waals surface area contributed by atoms with E-state index >= 15 is 0 Å². The van der Waals surface area contributed by atoms with Crippen molar-refractivity contribution in [2.45, 2.75) is 44.8 Å². The summed E-state index contributed by atoms with van der Waals surface area (Å²) in [6.45, 7) is 2.86. The SMILES string of the molecule is CC(Oc1ccccc1Cl)C(=O)N1CCCC(C(=O)NC2CC2)C1. The monoisotopic (exact) mass is 350 g/mol. The minimum absolute atomic E-state index is 0.0784. The van der Waals surface area contributed by atoms with Crippen LogP contribution in [0.15, 0.2) is 24.3 Å². The Bertz CT molecular complexity index is 618. The van der Waals surface area contributed by atoms with Crippen molar-refractivity contribution in [1.82, 2.24) is 10.2 Å². The van der Waals surface area contributed by atoms with Gasteiger partial charge < -0.3 is 15.0 Å². The number of rotatable bonds is 5. The predicted octanol–water partition coefficient (Wildman–Crippen LogP) is 2.62. The fourth-order valence-electron chi connectivity index (χ4n) is 2.98. The first kappa shape index (κ1) is 17.1. The van der Waals surface area contributed by atoms with Crippen LogP contribution in [0.2, 0.25) is 5.02 Å². The van der Waals surface area contributed by atoms with Crippen molar-refractivity contribution in [3.05, 3.63) is 29.3 Å². The average Bonchev–Trinajstić information content (AvgIpc) is 3.40. The molecule has 0 spiro atoms. The van der Waals surface area contributed by atoms with Gasteiger partial charge in [-0.1, -0.05) is 23.7 Å². The topological polar surface area (TPSA) is 58.6 Å². The van der Waals surface area contributed by atoms with E-state index in [-0.39, 0.29) is 17.7 Å². The second-order valence-electron chi connectivity index (χ2n) is 6.60. The highest BCUT2D eigenvalue weighted by Crippen LogP contribution is 2.26. The Labute approximate surface area is 147 Å². The number of likely N-dealkylation sites (tertiary alicyclic amines) is 1. The van der Waals surface area contributed by atoms with Crippen molar-refractivity contribution in [2.24, 2.45) is 5.92 Å². The van der Waals surface area contributed by atoms with Crippen molar-refractivity contribution in [3.63, 3.8) is 0 Å². The molecule has 1 N–H and O–H groups in total. The molecule has 1 saturated carbocycles. The third-order valence-electron chi connectivity index (χ3n) is 4.52. The molecule has 2 atom stereocenters. The van der Waals surface area contributed by atoms with Gasteiger partial charge in [0.1, 0.15) is 5.75 Å². The fraction of sp³-hybridized carbons (Fsp3) is 0.556. The zero-order chi connectivity index (χ0) is 17.1. The van der Waals surface area contributed by atoms with Gasteiger partial charge in [-0.15, -0.1) is 0 Å². The first-order valence-electron chi connectivity index (χ1n) is 8.55. The number of nitrogens with zero attached hydrogens (tertiary/aromatic N) is 1. The number of halogens is 1. The van der Waals surface area contributed by atoms with E-state index in [0.29, 0.717) is 29.9 Å². The minimum atomic E-state index is -0.629. The lowest BCUT2D eigenvalue weighted by atomic mass is 9.96. The Balaban J connectivity index is 1.57. The molecule has 2 fully saturated rings. The number of piperidine rings is 1. The van der Waals surface area contributed by atoms with E-state index in [4.69, 9.17) is 16.3 Å². The smallest absolute Gasteiger partial charge is 0.263 e. The number of amides is 2. The largest absolute Gasteiger partial charge is 0.479 e. The zero-order valence-corrected chi connectivity index (χ0v) is 14.6. The molecule has 24 heavy (non-hydrogen) atoms. The van der Waals surface area contributed by atoms with Crippen molar-refractivity contribution < 1.29 is 14.3 Å². The van der Waals surface area contributed by atoms with Gasteiger partial charge in [-0.2, -0.15) is 0 Å². The fourth-order valence-corrected chi connectivity index (χ4v) is 3.16. The average molecular weight is 351 g/mol. The highest BCUT2D eigenvalue weighted by atomic mass is 35.5. The summed E-state index contributed by atoms with van der Waals surface area (Å²) in [7, 11) is 0. The molecule has 1 aromatic carbocycles. The second kappa shape index (κ2) is 7.43. The van der Waals surface area contributed by atoms with Crippen LogP contribution in [0.5, 0.6) is 5.75 Å². The van der Waals surface area contributed by atoms with Crippen LogP contribution < -0.4 is 10.1 Å². The lowest BCUT2D eigenvalue weighted by Gasteiger charge is -2.33. The third-order valence-corrected chi connectivity index (χ3v) is 4.83. The van der Waals surface area contributed by atoms with E-state index < -0.39 is 6.10 Å². The summed E-state index contributed by atoms with van der Waals surface area (Å²) in [4.78, 5) is 26.6. The first-order valence-corrected chi connectivity index (χ1v) is 8.92. The molecule has 0 radical (unpaired) electrons. The Morgan fingerprint density at radius 2 is 2.04 bits per heavy atom. The van der Waals surface area contributed by atoms with Gasteiger partial charge in [0.05, 0.1) is 10.9 Å². The van der Waals surface area contributed by atoms with Crippen molar-refractivity contribution >= 4 is 23.4 Å². The normalized spacial score (nSPS) is 21.9. The van der Waals surface area contributed by atoms with E-state index in [2.05, 4.69) is 5.32 Å². The maximum atomic E-state index is 12.6. The van der Waals surface area contributed by atoms with Crippen LogP contribution in [-0.2, 0) is 9.59 Å². The molecule has 1 aliphatic carbocycles. The van der Waals surface area contributed by atoms with Crippen LogP contribution in [-0.4, -0.2) is 41.9 Å². The summed E-state index contributed by atoms with van der Waals surface area (Å²) in [5, 5.41) is 3.52.